The Morgan fingerprint density at radius 1 is 0.494 bits per heavy atom. The van der Waals surface area contributed by atoms with E-state index in [1.165, 1.54) is 10.9 Å². The van der Waals surface area contributed by atoms with E-state index < -0.39 is 159 Å². The predicted octanol–water partition coefficient (Wildman–Crippen LogP) is -5.30. The van der Waals surface area contributed by atoms with E-state index in [1.807, 2.05) is 4.98 Å². The second-order valence-corrected chi connectivity index (χ2v) is 22.9. The van der Waals surface area contributed by atoms with Crippen molar-refractivity contribution in [2.45, 2.75) is 98.2 Å². The van der Waals surface area contributed by atoms with Crippen molar-refractivity contribution in [1.82, 2.24) is 68.1 Å². The summed E-state index contributed by atoms with van der Waals surface area (Å²) in [6.07, 6.45) is -21.3. The Hall–Kier alpha value is -6.34. The molecule has 0 bridgehead atoms. The summed E-state index contributed by atoms with van der Waals surface area (Å²) in [5.74, 6) is -0.236. The van der Waals surface area contributed by atoms with Crippen LogP contribution in [0.5, 0.6) is 0 Å². The highest BCUT2D eigenvalue weighted by Gasteiger charge is 2.55. The molecule has 448 valence electrons. The topological polar surface area (TPSA) is 589 Å². The number of nitrogens with one attached hydrogen (secondary N) is 1. The van der Waals surface area contributed by atoms with E-state index in [0.29, 0.717) is 0 Å². The van der Waals surface area contributed by atoms with E-state index in [1.54, 1.807) is 0 Å². The van der Waals surface area contributed by atoms with Gasteiger partial charge in [0.2, 0.25) is 0 Å². The van der Waals surface area contributed by atoms with Gasteiger partial charge in [0.15, 0.2) is 59.3 Å². The zero-order valence-electron chi connectivity index (χ0n) is 41.7. The number of rotatable bonds is 20. The number of imidazole rings is 3. The molecule has 0 saturated carbocycles. The largest absolute Gasteiger partial charge is 0.472 e. The lowest BCUT2D eigenvalue weighted by Gasteiger charge is -2.26. The number of nitrogens with zero attached hydrogens (tertiary/aromatic N) is 13. The average molecular weight is 1230 g/mol. The van der Waals surface area contributed by atoms with E-state index in [9.17, 15) is 68.6 Å². The molecule has 7 aromatic heterocycles. The Kier molecular flexibility index (Phi) is 15.9. The van der Waals surface area contributed by atoms with Crippen LogP contribution in [0.15, 0.2) is 59.8 Å². The second-order valence-electron chi connectivity index (χ2n) is 18.7. The van der Waals surface area contributed by atoms with Crippen LogP contribution in [0.3, 0.4) is 0 Å². The molecule has 4 saturated heterocycles. The van der Waals surface area contributed by atoms with Gasteiger partial charge in [-0.1, -0.05) is 0 Å². The van der Waals surface area contributed by atoms with Gasteiger partial charge in [0.25, 0.3) is 5.56 Å². The Balaban J connectivity index is 0.813. The molecule has 16 N–H and O–H groups in total. The lowest BCUT2D eigenvalue weighted by molar-refractivity contribution is -0.0641. The summed E-state index contributed by atoms with van der Waals surface area (Å²) >= 11 is 0. The van der Waals surface area contributed by atoms with Crippen LogP contribution in [0, 0.1) is 0 Å². The maximum atomic E-state index is 14.1. The highest BCUT2D eigenvalue weighted by Crippen LogP contribution is 2.54. The van der Waals surface area contributed by atoms with Gasteiger partial charge in [0.1, 0.15) is 109 Å². The minimum atomic E-state index is -5.67. The quantitative estimate of drug-likeness (QED) is 0.0317. The number of nitrogen functional groups attached to an aromatic ring is 3. The fourth-order valence-corrected chi connectivity index (χ4v) is 12.5. The maximum Gasteiger partial charge on any atom is 0.472 e. The molecule has 0 radical (unpaired) electrons. The molecule has 11 rings (SSSR count). The number of H-pyrrole nitrogens is 1. The normalized spacial score (nSPS) is 32.4. The molecule has 4 fully saturated rings. The number of phosphoric ester groups is 3. The zero-order chi connectivity index (χ0) is 59.0. The molecule has 4 aliphatic rings. The highest BCUT2D eigenvalue weighted by molar-refractivity contribution is 7.48. The van der Waals surface area contributed by atoms with Crippen LogP contribution in [-0.2, 0) is 59.8 Å². The average Bonchev–Trinajstić information content (AvgIpc) is 4.52. The second kappa shape index (κ2) is 22.6. The third kappa shape index (κ3) is 11.3. The number of aromatic amines is 1. The summed E-state index contributed by atoms with van der Waals surface area (Å²) in [4.78, 5) is 95.7. The summed E-state index contributed by atoms with van der Waals surface area (Å²) in [7, 11) is -16.6. The maximum absolute atomic E-state index is 14.1. The van der Waals surface area contributed by atoms with Crippen LogP contribution in [0.2, 0.25) is 0 Å². The molecule has 44 heteroatoms. The van der Waals surface area contributed by atoms with Crippen LogP contribution in [0.25, 0.3) is 33.5 Å². The Labute approximate surface area is 459 Å². The van der Waals surface area contributed by atoms with Crippen molar-refractivity contribution in [2.75, 3.05) is 43.6 Å². The van der Waals surface area contributed by atoms with Crippen molar-refractivity contribution in [3.63, 3.8) is 0 Å². The van der Waals surface area contributed by atoms with Crippen LogP contribution in [0.1, 0.15) is 24.9 Å². The number of aliphatic hydroxyl groups is 6. The Morgan fingerprint density at radius 3 is 1.23 bits per heavy atom. The van der Waals surface area contributed by atoms with Gasteiger partial charge in [-0.3, -0.25) is 55.2 Å². The van der Waals surface area contributed by atoms with Gasteiger partial charge in [0.05, 0.1) is 45.4 Å². The SMILES string of the molecule is Nc1ncnc2c1ncn2[C@@H]1O[C@H](CO)[C@@H](OP(=O)(O)OC[C@H]2O[C@@H](n3cnc4c(N)ncnc43)[C@H](O)[C@@H]2OP(=O)(O)OC[C@H]2O[C@@H](n3cnc4c(N)ncnc43)[C@H](O)[C@@H]2OP(=O)(O)OC[C@H]2O[C@@H](n3ccc(=O)[nH]c3=O)[C@H](O)[C@@H]2O)[C@H]1O. The van der Waals surface area contributed by atoms with Gasteiger partial charge in [-0.25, -0.2) is 63.3 Å². The molecular weight excluding hydrogens is 1180 g/mol. The summed E-state index contributed by atoms with van der Waals surface area (Å²) in [6, 6.07) is 0.925. The van der Waals surface area contributed by atoms with Gasteiger partial charge < -0.3 is 81.5 Å². The minimum Gasteiger partial charge on any atom is -0.394 e. The van der Waals surface area contributed by atoms with Crippen molar-refractivity contribution in [2.24, 2.45) is 0 Å². The first-order chi connectivity index (χ1) is 39.4. The van der Waals surface area contributed by atoms with E-state index in [2.05, 4.69) is 44.9 Å². The first-order valence-corrected chi connectivity index (χ1v) is 28.6. The van der Waals surface area contributed by atoms with Gasteiger partial charge in [-0.05, 0) is 0 Å². The number of nitrogens with two attached hydrogens (primary N) is 3. The Morgan fingerprint density at radius 2 is 0.843 bits per heavy atom. The van der Waals surface area contributed by atoms with Crippen LogP contribution in [-0.4, -0.2) is 213 Å². The van der Waals surface area contributed by atoms with Crippen LogP contribution < -0.4 is 28.5 Å². The standard InChI is InChI=1S/C39H48N17O24P3/c40-29-18-32(46-7-43-29)54(10-49-18)36-23(61)26(13(3-57)74-36)78-82(67,68)72-5-15-28(25(63)38(76-15)56-12-51-20-31(42)45-9-48-34(20)56)80-83(69,70)73-6-16-27(24(62)37(77-16)55-11-50-19-30(41)44-8-47-33(19)55)79-81(65,66)71-4-14-21(59)22(60)35(75-14)53-2-1-17(58)52-39(53)64/h1-2,7-16,21-28,35-38,57,59-63H,3-6H2,(H,65,66)(H,67,68)(H,69,70)(H2,40,43,46)(H2,41,44,47)(H2,42,45,48)(H,52,58,64)/t13-,14-,15-,16-,21-,22-,23-,24-,25-,26-,27-,28-,35-,36-,37-,38-/m1/s1. The molecule has 19 atom stereocenters. The lowest BCUT2D eigenvalue weighted by Crippen LogP contribution is -2.38. The fourth-order valence-electron chi connectivity index (χ4n) is 9.60. The number of phosphoric acid groups is 3. The lowest BCUT2D eigenvalue weighted by atomic mass is 10.1. The van der Waals surface area contributed by atoms with Crippen molar-refractivity contribution in [3.8, 4) is 0 Å². The molecule has 41 nitrogen and oxygen atoms in total. The third-order valence-corrected chi connectivity index (χ3v) is 16.5. The fraction of sp³-hybridized carbons (Fsp3) is 0.513. The zero-order valence-corrected chi connectivity index (χ0v) is 44.4. The highest BCUT2D eigenvalue weighted by atomic mass is 31.2. The number of anilines is 3. The van der Waals surface area contributed by atoms with E-state index in [4.69, 9.17) is 63.3 Å². The molecule has 11 heterocycles. The van der Waals surface area contributed by atoms with E-state index in [-0.39, 0.29) is 50.9 Å². The number of aromatic nitrogens is 14. The van der Waals surface area contributed by atoms with Crippen LogP contribution in [0.4, 0.5) is 17.5 Å². The monoisotopic (exact) mass is 1230 g/mol. The molecule has 7 aromatic rings. The van der Waals surface area contributed by atoms with E-state index in [0.717, 1.165) is 57.6 Å². The van der Waals surface area contributed by atoms with Gasteiger partial charge >= 0.3 is 29.2 Å². The smallest absolute Gasteiger partial charge is 0.394 e. The minimum absolute atomic E-state index is 0.0114. The number of fused-ring (bicyclic) bond motifs is 3. The summed E-state index contributed by atoms with van der Waals surface area (Å²) in [5, 5.41) is 66.5. The molecule has 4 aliphatic heterocycles. The number of hydrogen-bond donors (Lipinski definition) is 13. The van der Waals surface area contributed by atoms with Gasteiger partial charge in [-0.15, -0.1) is 0 Å². The Bertz CT molecular complexity index is 3820. The van der Waals surface area contributed by atoms with Crippen LogP contribution >= 0.6 is 23.5 Å². The third-order valence-electron chi connectivity index (χ3n) is 13.5. The molecular formula is C39H48N17O24P3. The number of ether oxygens (including phenoxy) is 4. The summed E-state index contributed by atoms with van der Waals surface area (Å²) in [6.45, 7) is -4.21. The molecule has 0 aliphatic carbocycles. The van der Waals surface area contributed by atoms with Crippen molar-refractivity contribution < 1.29 is 105 Å². The molecule has 0 spiro atoms. The summed E-state index contributed by atoms with van der Waals surface area (Å²) < 4.78 is 101. The first-order valence-electron chi connectivity index (χ1n) is 24.1. The van der Waals surface area contributed by atoms with Crippen molar-refractivity contribution >= 4 is 74.4 Å². The molecule has 0 aromatic carbocycles. The van der Waals surface area contributed by atoms with E-state index >= 15 is 0 Å². The number of hydrogen-bond acceptors (Lipinski definition) is 33. The van der Waals surface area contributed by atoms with Gasteiger partial charge in [-0.2, -0.15) is 0 Å². The number of aliphatic hydroxyl groups excluding tert-OH is 6. The molecule has 0 amide bonds. The van der Waals surface area contributed by atoms with Gasteiger partial charge in [0, 0.05) is 12.3 Å². The molecule has 3 unspecified atom stereocenters. The predicted molar refractivity (Wildman–Crippen MR) is 265 cm³/mol. The summed E-state index contributed by atoms with van der Waals surface area (Å²) in [5.41, 5.74) is 16.1. The first kappa shape index (κ1) is 58.4. The van der Waals surface area contributed by atoms with Crippen molar-refractivity contribution in [3.05, 3.63) is 71.1 Å². The van der Waals surface area contributed by atoms with Crippen molar-refractivity contribution in [1.29, 1.82) is 0 Å². The molecule has 83 heavy (non-hydrogen) atoms.